The third kappa shape index (κ3) is 11.0. The molecule has 2 N–H and O–H groups in total. The van der Waals surface area contributed by atoms with Crippen molar-refractivity contribution in [3.05, 3.63) is 0 Å². The Morgan fingerprint density at radius 1 is 1.16 bits per heavy atom. The van der Waals surface area contributed by atoms with Crippen LogP contribution in [0.3, 0.4) is 0 Å². The number of likely N-dealkylation sites (tertiary alicyclic amines) is 1. The van der Waals surface area contributed by atoms with Gasteiger partial charge < -0.3 is 20.1 Å². The topological polar surface area (TPSA) is 114 Å². The molecular formula is C23H43N3O6. The van der Waals surface area contributed by atoms with E-state index in [-0.39, 0.29) is 55.0 Å². The number of amides is 4. The van der Waals surface area contributed by atoms with Gasteiger partial charge in [0.2, 0.25) is 23.6 Å². The lowest BCUT2D eigenvalue weighted by Gasteiger charge is -2.24. The first-order valence-electron chi connectivity index (χ1n) is 11.6. The normalized spacial score (nSPS) is 17.0. The zero-order valence-electron chi connectivity index (χ0n) is 20.9. The van der Waals surface area contributed by atoms with Crippen LogP contribution in [0.15, 0.2) is 0 Å². The Kier molecular flexibility index (Phi) is 14.8. The van der Waals surface area contributed by atoms with Crippen LogP contribution in [0.2, 0.25) is 0 Å². The summed E-state index contributed by atoms with van der Waals surface area (Å²) in [6, 6.07) is 0. The van der Waals surface area contributed by atoms with Crippen molar-refractivity contribution in [3.8, 4) is 0 Å². The van der Waals surface area contributed by atoms with Gasteiger partial charge in [-0.05, 0) is 19.8 Å². The molecule has 4 amide bonds. The molecule has 0 spiro atoms. The van der Waals surface area contributed by atoms with Gasteiger partial charge in [0.25, 0.3) is 0 Å². The Morgan fingerprint density at radius 3 is 2.38 bits per heavy atom. The maximum atomic E-state index is 12.2. The molecule has 186 valence electrons. The van der Waals surface area contributed by atoms with Crippen LogP contribution >= 0.6 is 0 Å². The first-order valence-corrected chi connectivity index (χ1v) is 11.6. The summed E-state index contributed by atoms with van der Waals surface area (Å²) in [5.41, 5.74) is -0.538. The molecular weight excluding hydrogens is 414 g/mol. The quantitative estimate of drug-likeness (QED) is 0.304. The second-order valence-corrected chi connectivity index (χ2v) is 8.44. The number of rotatable bonds is 14. The Hall–Kier alpha value is -2.00. The third-order valence-corrected chi connectivity index (χ3v) is 5.24. The van der Waals surface area contributed by atoms with E-state index in [1.54, 1.807) is 14.0 Å². The Labute approximate surface area is 193 Å². The number of nitrogens with one attached hydrogen (secondary N) is 2. The number of nitrogens with zero attached hydrogens (tertiary/aromatic N) is 1. The van der Waals surface area contributed by atoms with Crippen molar-refractivity contribution in [2.45, 2.75) is 73.3 Å². The molecule has 0 saturated carbocycles. The minimum absolute atomic E-state index is 0.0348. The van der Waals surface area contributed by atoms with Crippen molar-refractivity contribution in [1.82, 2.24) is 15.5 Å². The molecule has 0 aromatic rings. The van der Waals surface area contributed by atoms with Crippen LogP contribution in [-0.4, -0.2) is 74.6 Å². The van der Waals surface area contributed by atoms with E-state index in [2.05, 4.69) is 10.6 Å². The highest BCUT2D eigenvalue weighted by Gasteiger charge is 2.35. The maximum Gasteiger partial charge on any atom is 0.232 e. The van der Waals surface area contributed by atoms with E-state index in [4.69, 9.17) is 9.47 Å². The minimum Gasteiger partial charge on any atom is -0.383 e. The molecule has 1 saturated heterocycles. The molecule has 9 heteroatoms. The molecule has 1 aliphatic rings. The minimum atomic E-state index is -0.538. The predicted molar refractivity (Wildman–Crippen MR) is 123 cm³/mol. The fourth-order valence-corrected chi connectivity index (χ4v) is 3.02. The molecule has 9 nitrogen and oxygen atoms in total. The van der Waals surface area contributed by atoms with Gasteiger partial charge in [-0.25, -0.2) is 0 Å². The fourth-order valence-electron chi connectivity index (χ4n) is 3.02. The van der Waals surface area contributed by atoms with Crippen LogP contribution in [-0.2, 0) is 28.7 Å². The van der Waals surface area contributed by atoms with E-state index in [1.165, 1.54) is 4.90 Å². The average Bonchev–Trinajstić information content (AvgIpc) is 2.99. The zero-order valence-corrected chi connectivity index (χ0v) is 20.9. The van der Waals surface area contributed by atoms with Crippen LogP contribution in [0.25, 0.3) is 0 Å². The maximum absolute atomic E-state index is 12.2. The summed E-state index contributed by atoms with van der Waals surface area (Å²) in [5.74, 6) is -0.939. The number of carbonyl (C=O) groups is 4. The summed E-state index contributed by atoms with van der Waals surface area (Å²) in [4.78, 5) is 48.8. The number of hydrogen-bond donors (Lipinski definition) is 2. The Morgan fingerprint density at radius 2 is 1.81 bits per heavy atom. The predicted octanol–water partition coefficient (Wildman–Crippen LogP) is 1.89. The SMILES string of the molecule is CC.COCCNC(=O)C(C)(C)CCOC(C)CCNC(=O)CCN1C(=O)CC(C)C1=O. The van der Waals surface area contributed by atoms with Crippen molar-refractivity contribution >= 4 is 23.6 Å². The molecule has 0 aliphatic carbocycles. The highest BCUT2D eigenvalue weighted by Crippen LogP contribution is 2.21. The molecule has 32 heavy (non-hydrogen) atoms. The van der Waals surface area contributed by atoms with E-state index in [1.807, 2.05) is 34.6 Å². The van der Waals surface area contributed by atoms with Gasteiger partial charge in [-0.3, -0.25) is 24.1 Å². The molecule has 0 aromatic heterocycles. The van der Waals surface area contributed by atoms with E-state index >= 15 is 0 Å². The highest BCUT2D eigenvalue weighted by molar-refractivity contribution is 6.03. The third-order valence-electron chi connectivity index (χ3n) is 5.24. The number of hydrogen-bond acceptors (Lipinski definition) is 6. The van der Waals surface area contributed by atoms with Crippen LogP contribution in [0.4, 0.5) is 0 Å². The molecule has 0 bridgehead atoms. The van der Waals surface area contributed by atoms with E-state index in [9.17, 15) is 19.2 Å². The highest BCUT2D eigenvalue weighted by atomic mass is 16.5. The van der Waals surface area contributed by atoms with Crippen molar-refractivity contribution < 1.29 is 28.7 Å². The largest absolute Gasteiger partial charge is 0.383 e. The molecule has 1 heterocycles. The summed E-state index contributed by atoms with van der Waals surface area (Å²) in [5, 5.41) is 5.62. The van der Waals surface area contributed by atoms with E-state index in [0.29, 0.717) is 39.1 Å². The standard InChI is InChI=1S/C21H37N3O6.C2H6/c1-15-14-18(26)24(19(15)27)11-7-17(25)22-9-6-16(2)30-12-8-21(3,4)20(28)23-10-13-29-5;1-2/h15-16H,6-14H2,1-5H3,(H,22,25)(H,23,28);1-2H3. The molecule has 1 fully saturated rings. The van der Waals surface area contributed by atoms with Crippen molar-refractivity contribution in [2.75, 3.05) is 40.0 Å². The molecule has 0 aromatic carbocycles. The number of ether oxygens (including phenoxy) is 2. The second kappa shape index (κ2) is 15.7. The van der Waals surface area contributed by atoms with Gasteiger partial charge in [-0.2, -0.15) is 0 Å². The molecule has 1 rings (SSSR count). The monoisotopic (exact) mass is 457 g/mol. The van der Waals surface area contributed by atoms with Crippen LogP contribution in [0.5, 0.6) is 0 Å². The molecule has 0 radical (unpaired) electrons. The van der Waals surface area contributed by atoms with Gasteiger partial charge in [0.15, 0.2) is 0 Å². The summed E-state index contributed by atoms with van der Waals surface area (Å²) >= 11 is 0. The molecule has 1 aliphatic heterocycles. The lowest BCUT2D eigenvalue weighted by molar-refractivity contribution is -0.139. The Bertz CT molecular complexity index is 609. The van der Waals surface area contributed by atoms with Gasteiger partial charge in [0, 0.05) is 57.5 Å². The number of methoxy groups -OCH3 is 1. The summed E-state index contributed by atoms with van der Waals surface area (Å²) in [6.45, 7) is 13.4. The lowest BCUT2D eigenvalue weighted by Crippen LogP contribution is -2.39. The van der Waals surface area contributed by atoms with Crippen LogP contribution in [0, 0.1) is 11.3 Å². The van der Waals surface area contributed by atoms with Gasteiger partial charge in [0.1, 0.15) is 0 Å². The van der Waals surface area contributed by atoms with Crippen LogP contribution in [0.1, 0.15) is 67.2 Å². The van der Waals surface area contributed by atoms with Crippen molar-refractivity contribution in [3.63, 3.8) is 0 Å². The zero-order chi connectivity index (χ0) is 24.7. The van der Waals surface area contributed by atoms with E-state index in [0.717, 1.165) is 0 Å². The smallest absolute Gasteiger partial charge is 0.232 e. The number of carbonyl (C=O) groups excluding carboxylic acids is 4. The fraction of sp³-hybridized carbons (Fsp3) is 0.826. The average molecular weight is 458 g/mol. The summed E-state index contributed by atoms with van der Waals surface area (Å²) in [7, 11) is 1.59. The van der Waals surface area contributed by atoms with E-state index < -0.39 is 5.41 Å². The van der Waals surface area contributed by atoms with Gasteiger partial charge >= 0.3 is 0 Å². The molecule has 2 unspecified atom stereocenters. The van der Waals surface area contributed by atoms with Gasteiger partial charge in [-0.1, -0.05) is 34.6 Å². The van der Waals surface area contributed by atoms with Crippen LogP contribution < -0.4 is 10.6 Å². The second-order valence-electron chi connectivity index (χ2n) is 8.44. The lowest BCUT2D eigenvalue weighted by atomic mass is 9.88. The van der Waals surface area contributed by atoms with Crippen molar-refractivity contribution in [2.24, 2.45) is 11.3 Å². The summed E-state index contributed by atoms with van der Waals surface area (Å²) in [6.07, 6.45) is 1.47. The molecule has 2 atom stereocenters. The first kappa shape index (κ1) is 30.0. The van der Waals surface area contributed by atoms with Gasteiger partial charge in [-0.15, -0.1) is 0 Å². The Balaban J connectivity index is 0.00000466. The van der Waals surface area contributed by atoms with Crippen molar-refractivity contribution in [1.29, 1.82) is 0 Å². The first-order chi connectivity index (χ1) is 15.1. The number of imide groups is 1. The van der Waals surface area contributed by atoms with Gasteiger partial charge in [0.05, 0.1) is 12.7 Å². The summed E-state index contributed by atoms with van der Waals surface area (Å²) < 4.78 is 10.7.